The van der Waals surface area contributed by atoms with Gasteiger partial charge in [-0.3, -0.25) is 4.68 Å². The van der Waals surface area contributed by atoms with Gasteiger partial charge in [-0.15, -0.1) is 0 Å². The highest BCUT2D eigenvalue weighted by Crippen LogP contribution is 2.26. The Hall–Kier alpha value is -2.36. The van der Waals surface area contributed by atoms with Crippen molar-refractivity contribution in [2.45, 2.75) is 46.1 Å². The molecule has 0 spiro atoms. The van der Waals surface area contributed by atoms with Crippen molar-refractivity contribution in [3.63, 3.8) is 0 Å². The first-order chi connectivity index (χ1) is 11.7. The van der Waals surface area contributed by atoms with E-state index in [2.05, 4.69) is 26.0 Å². The fourth-order valence-electron chi connectivity index (χ4n) is 2.77. The molecule has 0 aliphatic rings. The average Bonchev–Trinajstić information content (AvgIpc) is 2.98. The fraction of sp³-hybridized carbons (Fsp3) is 0.400. The van der Waals surface area contributed by atoms with Crippen molar-refractivity contribution in [1.82, 2.24) is 9.78 Å². The standard InChI is InChI=1S/C20H26N2O2/c1-4-17(5-2)20-18(12-13-19(23)24-6-3)15-22(21-20)14-16-10-8-7-9-11-16/h7-13,15,17H,4-6,14H2,1-3H3. The number of hydrogen-bond donors (Lipinski definition) is 0. The maximum absolute atomic E-state index is 11.6. The summed E-state index contributed by atoms with van der Waals surface area (Å²) in [5, 5.41) is 4.78. The van der Waals surface area contributed by atoms with Crippen molar-refractivity contribution in [1.29, 1.82) is 0 Å². The van der Waals surface area contributed by atoms with Crippen molar-refractivity contribution in [2.75, 3.05) is 6.61 Å². The molecule has 0 atom stereocenters. The van der Waals surface area contributed by atoms with Crippen LogP contribution in [0.4, 0.5) is 0 Å². The second-order valence-electron chi connectivity index (χ2n) is 5.75. The first kappa shape index (κ1) is 18.0. The first-order valence-electron chi connectivity index (χ1n) is 8.64. The summed E-state index contributed by atoms with van der Waals surface area (Å²) in [5.41, 5.74) is 3.25. The van der Waals surface area contributed by atoms with Crippen LogP contribution in [0.5, 0.6) is 0 Å². The molecule has 24 heavy (non-hydrogen) atoms. The molecule has 2 aromatic rings. The number of aromatic nitrogens is 2. The van der Waals surface area contributed by atoms with Gasteiger partial charge in [0.2, 0.25) is 0 Å². The summed E-state index contributed by atoms with van der Waals surface area (Å²) < 4.78 is 6.92. The minimum Gasteiger partial charge on any atom is -0.463 e. The molecule has 0 N–H and O–H groups in total. The summed E-state index contributed by atoms with van der Waals surface area (Å²) in [6.45, 7) is 7.25. The average molecular weight is 326 g/mol. The molecule has 0 amide bonds. The predicted molar refractivity (Wildman–Crippen MR) is 96.8 cm³/mol. The van der Waals surface area contributed by atoms with Crippen LogP contribution in [-0.4, -0.2) is 22.4 Å². The Morgan fingerprint density at radius 1 is 1.21 bits per heavy atom. The molecule has 1 aromatic heterocycles. The van der Waals surface area contributed by atoms with Crippen LogP contribution >= 0.6 is 0 Å². The lowest BCUT2D eigenvalue weighted by Gasteiger charge is -2.10. The molecule has 128 valence electrons. The zero-order chi connectivity index (χ0) is 17.4. The van der Waals surface area contributed by atoms with Crippen molar-refractivity contribution in [2.24, 2.45) is 0 Å². The summed E-state index contributed by atoms with van der Waals surface area (Å²) in [4.78, 5) is 11.6. The highest BCUT2D eigenvalue weighted by atomic mass is 16.5. The number of ether oxygens (including phenoxy) is 1. The summed E-state index contributed by atoms with van der Waals surface area (Å²) >= 11 is 0. The minimum atomic E-state index is -0.316. The number of benzene rings is 1. The Labute approximate surface area is 144 Å². The lowest BCUT2D eigenvalue weighted by Crippen LogP contribution is -2.03. The van der Waals surface area contributed by atoms with E-state index in [4.69, 9.17) is 9.84 Å². The molecule has 0 saturated heterocycles. The molecule has 4 nitrogen and oxygen atoms in total. The molecule has 0 aliphatic carbocycles. The van der Waals surface area contributed by atoms with Crippen LogP contribution < -0.4 is 0 Å². The van der Waals surface area contributed by atoms with Crippen molar-refractivity contribution in [3.8, 4) is 0 Å². The van der Waals surface area contributed by atoms with E-state index >= 15 is 0 Å². The number of nitrogens with zero attached hydrogens (tertiary/aromatic N) is 2. The molecule has 2 rings (SSSR count). The van der Waals surface area contributed by atoms with Gasteiger partial charge >= 0.3 is 5.97 Å². The van der Waals surface area contributed by atoms with Crippen LogP contribution in [0.3, 0.4) is 0 Å². The van der Waals surface area contributed by atoms with Gasteiger partial charge in [0.25, 0.3) is 0 Å². The third kappa shape index (κ3) is 4.82. The second-order valence-corrected chi connectivity index (χ2v) is 5.75. The summed E-state index contributed by atoms with van der Waals surface area (Å²) in [6, 6.07) is 10.2. The second kappa shape index (κ2) is 9.06. The number of esters is 1. The molecule has 0 fully saturated rings. The van der Waals surface area contributed by atoms with Gasteiger partial charge < -0.3 is 4.74 Å². The lowest BCUT2D eigenvalue weighted by molar-refractivity contribution is -0.137. The zero-order valence-electron chi connectivity index (χ0n) is 14.7. The molecule has 0 bridgehead atoms. The molecule has 0 unspecified atom stereocenters. The Morgan fingerprint density at radius 3 is 2.54 bits per heavy atom. The topological polar surface area (TPSA) is 44.1 Å². The molecule has 1 heterocycles. The third-order valence-electron chi connectivity index (χ3n) is 4.07. The zero-order valence-corrected chi connectivity index (χ0v) is 14.7. The Kier molecular flexibility index (Phi) is 6.79. The summed E-state index contributed by atoms with van der Waals surface area (Å²) in [6.07, 6.45) is 7.37. The number of hydrogen-bond acceptors (Lipinski definition) is 3. The Bertz CT molecular complexity index is 670. The van der Waals surface area contributed by atoms with E-state index in [0.717, 1.165) is 30.6 Å². The smallest absolute Gasteiger partial charge is 0.330 e. The van der Waals surface area contributed by atoms with Gasteiger partial charge in [0.05, 0.1) is 18.8 Å². The Balaban J connectivity index is 2.27. The predicted octanol–water partition coefficient (Wildman–Crippen LogP) is 4.41. The van der Waals surface area contributed by atoms with Gasteiger partial charge in [-0.1, -0.05) is 44.2 Å². The van der Waals surface area contributed by atoms with Gasteiger partial charge in [0.1, 0.15) is 0 Å². The highest BCUT2D eigenvalue weighted by molar-refractivity contribution is 5.87. The van der Waals surface area contributed by atoms with Crippen LogP contribution in [0.15, 0.2) is 42.6 Å². The van der Waals surface area contributed by atoms with E-state index in [0.29, 0.717) is 12.5 Å². The third-order valence-corrected chi connectivity index (χ3v) is 4.07. The van der Waals surface area contributed by atoms with E-state index in [1.54, 1.807) is 6.92 Å². The van der Waals surface area contributed by atoms with Gasteiger partial charge in [-0.25, -0.2) is 4.79 Å². The van der Waals surface area contributed by atoms with Crippen LogP contribution in [0.25, 0.3) is 6.08 Å². The van der Waals surface area contributed by atoms with Crippen LogP contribution in [0.1, 0.15) is 56.4 Å². The van der Waals surface area contributed by atoms with Gasteiger partial charge in [0, 0.05) is 23.8 Å². The molecule has 0 radical (unpaired) electrons. The summed E-state index contributed by atoms with van der Waals surface area (Å²) in [7, 11) is 0. The van der Waals surface area contributed by atoms with Crippen molar-refractivity contribution in [3.05, 3.63) is 59.4 Å². The highest BCUT2D eigenvalue weighted by Gasteiger charge is 2.16. The fourth-order valence-corrected chi connectivity index (χ4v) is 2.77. The van der Waals surface area contributed by atoms with E-state index in [-0.39, 0.29) is 5.97 Å². The van der Waals surface area contributed by atoms with E-state index in [1.165, 1.54) is 11.6 Å². The molecular weight excluding hydrogens is 300 g/mol. The first-order valence-corrected chi connectivity index (χ1v) is 8.64. The Morgan fingerprint density at radius 2 is 1.92 bits per heavy atom. The van der Waals surface area contributed by atoms with E-state index in [9.17, 15) is 4.79 Å². The van der Waals surface area contributed by atoms with Gasteiger partial charge in [0.15, 0.2) is 0 Å². The SMILES string of the molecule is CCOC(=O)C=Cc1cn(Cc2ccccc2)nc1C(CC)CC. The molecular formula is C20H26N2O2. The quantitative estimate of drug-likeness (QED) is 0.533. The van der Waals surface area contributed by atoms with Crippen molar-refractivity contribution < 1.29 is 9.53 Å². The molecule has 4 heteroatoms. The number of carbonyl (C=O) groups is 1. The van der Waals surface area contributed by atoms with Crippen LogP contribution in [-0.2, 0) is 16.1 Å². The molecule has 1 aromatic carbocycles. The lowest BCUT2D eigenvalue weighted by atomic mass is 9.96. The van der Waals surface area contributed by atoms with Crippen LogP contribution in [0.2, 0.25) is 0 Å². The number of rotatable bonds is 8. The normalized spacial score (nSPS) is 11.3. The maximum Gasteiger partial charge on any atom is 0.330 e. The summed E-state index contributed by atoms with van der Waals surface area (Å²) in [5.74, 6) is 0.0766. The molecule has 0 saturated carbocycles. The minimum absolute atomic E-state index is 0.316. The van der Waals surface area contributed by atoms with E-state index in [1.807, 2.05) is 35.2 Å². The molecule has 0 aliphatic heterocycles. The number of carbonyl (C=O) groups excluding carboxylic acids is 1. The van der Waals surface area contributed by atoms with Crippen LogP contribution in [0, 0.1) is 0 Å². The van der Waals surface area contributed by atoms with Gasteiger partial charge in [-0.05, 0) is 31.4 Å². The maximum atomic E-state index is 11.6. The van der Waals surface area contributed by atoms with Crippen molar-refractivity contribution >= 4 is 12.0 Å². The monoisotopic (exact) mass is 326 g/mol. The van der Waals surface area contributed by atoms with Gasteiger partial charge in [-0.2, -0.15) is 5.10 Å². The largest absolute Gasteiger partial charge is 0.463 e. The van der Waals surface area contributed by atoms with E-state index < -0.39 is 0 Å².